The minimum atomic E-state index is -4.39. The standard InChI is InChI=1S/C20H19NO6S/c1-27-21(20(24)13-6-5-12-18(20)19(22)23)28(25,26)17-11-7-10-16(14-17)15-8-3-2-4-9-15/h2-14,18,24H,1H3,(H,22,23). The number of carboxylic acid groups (broad SMARTS) is 1. The molecule has 1 aliphatic rings. The lowest BCUT2D eigenvalue weighted by molar-refractivity contribution is -0.215. The molecule has 0 aromatic heterocycles. The van der Waals surface area contributed by atoms with E-state index in [1.165, 1.54) is 30.4 Å². The van der Waals surface area contributed by atoms with Gasteiger partial charge in [0.2, 0.25) is 0 Å². The second-order valence-electron chi connectivity index (χ2n) is 6.15. The van der Waals surface area contributed by atoms with Gasteiger partial charge in [0.15, 0.2) is 5.72 Å². The van der Waals surface area contributed by atoms with E-state index in [1.807, 2.05) is 30.3 Å². The lowest BCUT2D eigenvalue weighted by Gasteiger charge is -2.38. The maximum Gasteiger partial charge on any atom is 0.315 e. The second-order valence-corrected chi connectivity index (χ2v) is 7.90. The minimum absolute atomic E-state index is 0.142. The van der Waals surface area contributed by atoms with E-state index in [2.05, 4.69) is 0 Å². The third kappa shape index (κ3) is 3.50. The van der Waals surface area contributed by atoms with Crippen LogP contribution in [-0.2, 0) is 19.7 Å². The number of hydrogen-bond donors (Lipinski definition) is 2. The van der Waals surface area contributed by atoms with Crippen molar-refractivity contribution in [2.24, 2.45) is 5.92 Å². The molecule has 2 N–H and O–H groups in total. The van der Waals surface area contributed by atoms with Gasteiger partial charge in [-0.15, -0.1) is 0 Å². The van der Waals surface area contributed by atoms with Gasteiger partial charge in [0, 0.05) is 0 Å². The average Bonchev–Trinajstić information content (AvgIpc) is 2.69. The third-order valence-corrected chi connectivity index (χ3v) is 6.12. The molecule has 0 amide bonds. The Labute approximate surface area is 162 Å². The number of allylic oxidation sites excluding steroid dienone is 2. The maximum absolute atomic E-state index is 13.2. The van der Waals surface area contributed by atoms with Crippen molar-refractivity contribution in [2.45, 2.75) is 10.6 Å². The number of sulfonamides is 1. The van der Waals surface area contributed by atoms with Crippen LogP contribution in [0.4, 0.5) is 0 Å². The van der Waals surface area contributed by atoms with E-state index >= 15 is 0 Å². The number of benzene rings is 2. The van der Waals surface area contributed by atoms with Crippen LogP contribution in [0.2, 0.25) is 0 Å². The first-order valence-electron chi connectivity index (χ1n) is 8.37. The fourth-order valence-corrected chi connectivity index (χ4v) is 4.53. The average molecular weight is 401 g/mol. The van der Waals surface area contributed by atoms with E-state index in [9.17, 15) is 23.4 Å². The maximum atomic E-state index is 13.2. The van der Waals surface area contributed by atoms with Crippen LogP contribution in [0.5, 0.6) is 0 Å². The van der Waals surface area contributed by atoms with Gasteiger partial charge < -0.3 is 10.2 Å². The van der Waals surface area contributed by atoms with E-state index < -0.39 is 27.6 Å². The van der Waals surface area contributed by atoms with Crippen LogP contribution in [0.1, 0.15) is 0 Å². The second kappa shape index (κ2) is 7.69. The number of aliphatic carboxylic acids is 1. The Bertz CT molecular complexity index is 1030. The molecular formula is C20H19NO6S. The number of rotatable bonds is 6. The molecule has 1 aliphatic carbocycles. The summed E-state index contributed by atoms with van der Waals surface area (Å²) < 4.78 is 26.7. The van der Waals surface area contributed by atoms with Crippen LogP contribution < -0.4 is 0 Å². The van der Waals surface area contributed by atoms with Gasteiger partial charge in [0.1, 0.15) is 5.92 Å². The largest absolute Gasteiger partial charge is 0.481 e. The van der Waals surface area contributed by atoms with E-state index in [4.69, 9.17) is 4.84 Å². The van der Waals surface area contributed by atoms with Crippen molar-refractivity contribution in [3.8, 4) is 11.1 Å². The monoisotopic (exact) mass is 401 g/mol. The molecule has 0 bridgehead atoms. The van der Waals surface area contributed by atoms with E-state index in [-0.39, 0.29) is 4.90 Å². The molecule has 146 valence electrons. The Morgan fingerprint density at radius 2 is 1.75 bits per heavy atom. The minimum Gasteiger partial charge on any atom is -0.481 e. The zero-order valence-electron chi connectivity index (χ0n) is 15.0. The first kappa shape index (κ1) is 20.0. The van der Waals surface area contributed by atoms with E-state index in [1.54, 1.807) is 12.1 Å². The number of carbonyl (C=O) groups is 1. The summed E-state index contributed by atoms with van der Waals surface area (Å²) in [5.41, 5.74) is -0.957. The Balaban J connectivity index is 2.07. The van der Waals surface area contributed by atoms with Gasteiger partial charge in [0.05, 0.1) is 12.0 Å². The van der Waals surface area contributed by atoms with Crippen LogP contribution >= 0.6 is 0 Å². The lowest BCUT2D eigenvalue weighted by Crippen LogP contribution is -2.56. The highest BCUT2D eigenvalue weighted by molar-refractivity contribution is 7.89. The summed E-state index contributed by atoms with van der Waals surface area (Å²) in [6.07, 6.45) is 5.06. The lowest BCUT2D eigenvalue weighted by atomic mass is 9.92. The molecule has 7 nitrogen and oxygen atoms in total. The summed E-state index contributed by atoms with van der Waals surface area (Å²) in [5, 5.41) is 20.4. The zero-order valence-corrected chi connectivity index (χ0v) is 15.8. The van der Waals surface area contributed by atoms with Crippen LogP contribution in [0.25, 0.3) is 11.1 Å². The van der Waals surface area contributed by atoms with Gasteiger partial charge in [-0.1, -0.05) is 60.7 Å². The molecule has 0 fully saturated rings. The summed E-state index contributed by atoms with van der Waals surface area (Å²) in [7, 11) is -3.34. The molecule has 2 atom stereocenters. The molecule has 2 unspecified atom stereocenters. The van der Waals surface area contributed by atoms with Gasteiger partial charge in [0.25, 0.3) is 10.0 Å². The Hall–Kier alpha value is -2.78. The number of carboxylic acids is 1. The van der Waals surface area contributed by atoms with Crippen molar-refractivity contribution in [1.29, 1.82) is 0 Å². The summed E-state index contributed by atoms with van der Waals surface area (Å²) in [6.45, 7) is 0. The highest BCUT2D eigenvalue weighted by Crippen LogP contribution is 2.34. The topological polar surface area (TPSA) is 104 Å². The zero-order chi connectivity index (χ0) is 20.4. The van der Waals surface area contributed by atoms with Gasteiger partial charge in [-0.3, -0.25) is 9.63 Å². The molecule has 2 aromatic carbocycles. The molecule has 0 spiro atoms. The van der Waals surface area contributed by atoms with Crippen molar-refractivity contribution in [1.82, 2.24) is 4.47 Å². The predicted molar refractivity (Wildman–Crippen MR) is 102 cm³/mol. The van der Waals surface area contributed by atoms with Gasteiger partial charge >= 0.3 is 5.97 Å². The Kier molecular flexibility index (Phi) is 5.48. The van der Waals surface area contributed by atoms with Crippen LogP contribution in [0, 0.1) is 5.92 Å². The number of aliphatic hydroxyl groups is 1. The van der Waals surface area contributed by atoms with Gasteiger partial charge in [-0.2, -0.15) is 0 Å². The molecule has 0 aliphatic heterocycles. The van der Waals surface area contributed by atoms with E-state index in [0.717, 1.165) is 18.7 Å². The molecule has 0 heterocycles. The SMILES string of the molecule is CON(C1(O)C=CC=CC1C(=O)O)S(=O)(=O)c1cccc(-c2ccccc2)c1. The van der Waals surface area contributed by atoms with Crippen molar-refractivity contribution in [3.63, 3.8) is 0 Å². The fourth-order valence-electron chi connectivity index (χ4n) is 3.06. The van der Waals surface area contributed by atoms with Crippen molar-refractivity contribution in [2.75, 3.05) is 7.11 Å². The molecule has 28 heavy (non-hydrogen) atoms. The van der Waals surface area contributed by atoms with E-state index in [0.29, 0.717) is 10.0 Å². The van der Waals surface area contributed by atoms with Crippen molar-refractivity contribution < 1.29 is 28.3 Å². The number of hydrogen-bond acceptors (Lipinski definition) is 5. The Morgan fingerprint density at radius 1 is 1.07 bits per heavy atom. The molecule has 3 rings (SSSR count). The third-order valence-electron chi connectivity index (χ3n) is 4.40. The molecule has 0 saturated carbocycles. The highest BCUT2D eigenvalue weighted by Gasteiger charge is 2.51. The predicted octanol–water partition coefficient (Wildman–Crippen LogP) is 2.42. The first-order chi connectivity index (χ1) is 13.3. The Morgan fingerprint density at radius 3 is 2.39 bits per heavy atom. The fraction of sp³-hybridized carbons (Fsp3) is 0.150. The van der Waals surface area contributed by atoms with Crippen molar-refractivity contribution in [3.05, 3.63) is 78.9 Å². The molecule has 0 radical (unpaired) electrons. The van der Waals surface area contributed by atoms with Crippen LogP contribution in [-0.4, -0.2) is 41.9 Å². The highest BCUT2D eigenvalue weighted by atomic mass is 32.2. The quantitative estimate of drug-likeness (QED) is 0.569. The normalized spacial score (nSPS) is 21.8. The molecule has 2 aromatic rings. The summed E-state index contributed by atoms with van der Waals surface area (Å²) in [6, 6.07) is 15.3. The summed E-state index contributed by atoms with van der Waals surface area (Å²) in [5.74, 6) is -2.93. The molecular weight excluding hydrogens is 382 g/mol. The number of nitrogens with zero attached hydrogens (tertiary/aromatic N) is 1. The smallest absolute Gasteiger partial charge is 0.315 e. The van der Waals surface area contributed by atoms with Gasteiger partial charge in [-0.05, 0) is 33.8 Å². The summed E-state index contributed by atoms with van der Waals surface area (Å²) >= 11 is 0. The van der Waals surface area contributed by atoms with Crippen LogP contribution in [0.3, 0.4) is 0 Å². The molecule has 0 saturated heterocycles. The van der Waals surface area contributed by atoms with Gasteiger partial charge in [-0.25, -0.2) is 8.42 Å². The summed E-state index contributed by atoms with van der Waals surface area (Å²) in [4.78, 5) is 16.4. The number of hydroxylamine groups is 1. The first-order valence-corrected chi connectivity index (χ1v) is 9.81. The van der Waals surface area contributed by atoms with Crippen LogP contribution in [0.15, 0.2) is 83.8 Å². The van der Waals surface area contributed by atoms with Crippen molar-refractivity contribution >= 4 is 16.0 Å². The molecule has 8 heteroatoms.